The van der Waals surface area contributed by atoms with Crippen LogP contribution in [-0.4, -0.2) is 55.6 Å². The molecule has 3 nitrogen and oxygen atoms in total. The van der Waals surface area contributed by atoms with Crippen LogP contribution in [0.4, 0.5) is 0 Å². The molecule has 2 N–H and O–H groups in total. The fraction of sp³-hybridized carbons (Fsp3) is 1.00. The Kier molecular flexibility index (Phi) is 4.35. The molecule has 0 aliphatic carbocycles. The van der Waals surface area contributed by atoms with Crippen LogP contribution in [0.3, 0.4) is 0 Å². The monoisotopic (exact) mass is 199 g/mol. The lowest BCUT2D eigenvalue weighted by Gasteiger charge is -2.30. The van der Waals surface area contributed by atoms with Crippen molar-refractivity contribution in [2.24, 2.45) is 11.7 Å². The Morgan fingerprint density at radius 3 is 2.43 bits per heavy atom. The van der Waals surface area contributed by atoms with Gasteiger partial charge in [-0.1, -0.05) is 13.8 Å². The van der Waals surface area contributed by atoms with Gasteiger partial charge in [-0.2, -0.15) is 0 Å². The van der Waals surface area contributed by atoms with Gasteiger partial charge >= 0.3 is 0 Å². The Morgan fingerprint density at radius 2 is 2.07 bits per heavy atom. The first-order valence-corrected chi connectivity index (χ1v) is 5.66. The van der Waals surface area contributed by atoms with E-state index in [1.54, 1.807) is 0 Å². The van der Waals surface area contributed by atoms with Gasteiger partial charge in [-0.3, -0.25) is 4.90 Å². The molecule has 2 atom stereocenters. The molecule has 0 aromatic heterocycles. The Hall–Kier alpha value is -0.120. The van der Waals surface area contributed by atoms with Crippen LogP contribution in [0.15, 0.2) is 0 Å². The third-order valence-corrected chi connectivity index (χ3v) is 3.41. The minimum absolute atomic E-state index is 0.569. The van der Waals surface area contributed by atoms with Gasteiger partial charge in [0.05, 0.1) is 0 Å². The molecule has 0 aromatic rings. The number of hydrogen-bond donors (Lipinski definition) is 1. The smallest absolute Gasteiger partial charge is 0.0242 e. The van der Waals surface area contributed by atoms with Gasteiger partial charge in [0.25, 0.3) is 0 Å². The van der Waals surface area contributed by atoms with Crippen LogP contribution in [-0.2, 0) is 0 Å². The summed E-state index contributed by atoms with van der Waals surface area (Å²) in [5.41, 5.74) is 5.82. The molecule has 1 saturated heterocycles. The number of rotatable bonds is 4. The maximum Gasteiger partial charge on any atom is 0.0242 e. The van der Waals surface area contributed by atoms with Gasteiger partial charge in [0.15, 0.2) is 0 Å². The molecule has 1 rings (SSSR count). The van der Waals surface area contributed by atoms with Gasteiger partial charge in [-0.15, -0.1) is 0 Å². The molecule has 0 radical (unpaired) electrons. The van der Waals surface area contributed by atoms with Crippen LogP contribution in [0, 0.1) is 5.92 Å². The predicted octanol–water partition coefficient (Wildman–Crippen LogP) is 0.606. The summed E-state index contributed by atoms with van der Waals surface area (Å²) in [7, 11) is 4.34. The summed E-state index contributed by atoms with van der Waals surface area (Å²) in [5.74, 6) is 0.668. The zero-order valence-electron chi connectivity index (χ0n) is 10.0. The first-order chi connectivity index (χ1) is 6.56. The van der Waals surface area contributed by atoms with E-state index in [1.165, 1.54) is 19.5 Å². The number of likely N-dealkylation sites (tertiary alicyclic amines) is 1. The third-order valence-electron chi connectivity index (χ3n) is 3.41. The predicted molar refractivity (Wildman–Crippen MR) is 61.3 cm³/mol. The van der Waals surface area contributed by atoms with Gasteiger partial charge in [-0.25, -0.2) is 0 Å². The maximum atomic E-state index is 5.82. The minimum Gasteiger partial charge on any atom is -0.329 e. The Labute approximate surface area is 88.2 Å². The molecule has 0 spiro atoms. The lowest BCUT2D eigenvalue weighted by Crippen LogP contribution is -2.44. The van der Waals surface area contributed by atoms with E-state index in [9.17, 15) is 0 Å². The summed E-state index contributed by atoms with van der Waals surface area (Å²) in [4.78, 5) is 4.88. The summed E-state index contributed by atoms with van der Waals surface area (Å²) in [6, 6.07) is 1.29. The van der Waals surface area contributed by atoms with Crippen molar-refractivity contribution in [2.75, 3.05) is 33.7 Å². The minimum atomic E-state index is 0.569. The second kappa shape index (κ2) is 5.10. The van der Waals surface area contributed by atoms with Gasteiger partial charge in [-0.05, 0) is 26.4 Å². The van der Waals surface area contributed by atoms with E-state index in [2.05, 4.69) is 37.7 Å². The highest BCUT2D eigenvalue weighted by atomic mass is 15.3. The molecule has 84 valence electrons. The number of nitrogens with zero attached hydrogens (tertiary/aromatic N) is 2. The summed E-state index contributed by atoms with van der Waals surface area (Å²) < 4.78 is 0. The molecular formula is C11H25N3. The van der Waals surface area contributed by atoms with Crippen molar-refractivity contribution in [1.82, 2.24) is 9.80 Å². The highest BCUT2D eigenvalue weighted by Crippen LogP contribution is 2.19. The van der Waals surface area contributed by atoms with Gasteiger partial charge in [0, 0.05) is 31.7 Å². The molecule has 2 unspecified atom stereocenters. The molecule has 0 aromatic carbocycles. The molecule has 14 heavy (non-hydrogen) atoms. The quantitative estimate of drug-likeness (QED) is 0.720. The molecule has 0 amide bonds. The van der Waals surface area contributed by atoms with Crippen LogP contribution in [0.2, 0.25) is 0 Å². The van der Waals surface area contributed by atoms with E-state index in [4.69, 9.17) is 5.73 Å². The Balaban J connectivity index is 2.47. The SMILES string of the molecule is CC(C)C(CN)N1CCC(N(C)C)C1. The molecule has 3 heteroatoms. The van der Waals surface area contributed by atoms with E-state index in [0.29, 0.717) is 12.0 Å². The average molecular weight is 199 g/mol. The van der Waals surface area contributed by atoms with Crippen molar-refractivity contribution in [2.45, 2.75) is 32.4 Å². The molecule has 0 bridgehead atoms. The van der Waals surface area contributed by atoms with E-state index >= 15 is 0 Å². The number of hydrogen-bond acceptors (Lipinski definition) is 3. The molecule has 1 heterocycles. The highest BCUT2D eigenvalue weighted by Gasteiger charge is 2.29. The van der Waals surface area contributed by atoms with E-state index in [-0.39, 0.29) is 0 Å². The lowest BCUT2D eigenvalue weighted by atomic mass is 10.0. The number of nitrogens with two attached hydrogens (primary N) is 1. The van der Waals surface area contributed by atoms with Gasteiger partial charge in [0.2, 0.25) is 0 Å². The Bertz CT molecular complexity index is 168. The second-order valence-corrected chi connectivity index (χ2v) is 4.95. The zero-order chi connectivity index (χ0) is 10.7. The van der Waals surface area contributed by atoms with Crippen LogP contribution in [0.5, 0.6) is 0 Å². The fourth-order valence-electron chi connectivity index (χ4n) is 2.33. The van der Waals surface area contributed by atoms with Gasteiger partial charge < -0.3 is 10.6 Å². The van der Waals surface area contributed by atoms with Crippen molar-refractivity contribution in [1.29, 1.82) is 0 Å². The standard InChI is InChI=1S/C11H25N3/c1-9(2)11(7-12)14-6-5-10(8-14)13(3)4/h9-11H,5-8,12H2,1-4H3. The molecule has 0 saturated carbocycles. The van der Waals surface area contributed by atoms with Crippen molar-refractivity contribution in [3.8, 4) is 0 Å². The van der Waals surface area contributed by atoms with Crippen LogP contribution in [0.1, 0.15) is 20.3 Å². The van der Waals surface area contributed by atoms with Gasteiger partial charge in [0.1, 0.15) is 0 Å². The second-order valence-electron chi connectivity index (χ2n) is 4.95. The molecule has 1 fully saturated rings. The maximum absolute atomic E-state index is 5.82. The van der Waals surface area contributed by atoms with Crippen LogP contribution < -0.4 is 5.73 Å². The summed E-state index contributed by atoms with van der Waals surface area (Å²) >= 11 is 0. The largest absolute Gasteiger partial charge is 0.329 e. The highest BCUT2D eigenvalue weighted by molar-refractivity contribution is 4.86. The van der Waals surface area contributed by atoms with Crippen molar-refractivity contribution in [3.63, 3.8) is 0 Å². The van der Waals surface area contributed by atoms with Crippen molar-refractivity contribution < 1.29 is 0 Å². The van der Waals surface area contributed by atoms with Crippen LogP contribution in [0.25, 0.3) is 0 Å². The van der Waals surface area contributed by atoms with Crippen molar-refractivity contribution in [3.05, 3.63) is 0 Å². The summed E-state index contributed by atoms with van der Waals surface area (Å²) in [5, 5.41) is 0. The summed E-state index contributed by atoms with van der Waals surface area (Å²) in [6.45, 7) is 7.72. The average Bonchev–Trinajstić information content (AvgIpc) is 2.53. The van der Waals surface area contributed by atoms with Crippen molar-refractivity contribution >= 4 is 0 Å². The van der Waals surface area contributed by atoms with E-state index in [0.717, 1.165) is 12.6 Å². The van der Waals surface area contributed by atoms with E-state index in [1.807, 2.05) is 0 Å². The molecule has 1 aliphatic rings. The van der Waals surface area contributed by atoms with Crippen LogP contribution >= 0.6 is 0 Å². The lowest BCUT2D eigenvalue weighted by molar-refractivity contribution is 0.180. The fourth-order valence-corrected chi connectivity index (χ4v) is 2.33. The normalized spacial score (nSPS) is 26.4. The molecular weight excluding hydrogens is 174 g/mol. The first kappa shape index (κ1) is 12.0. The summed E-state index contributed by atoms with van der Waals surface area (Å²) in [6.07, 6.45) is 1.29. The molecule has 1 aliphatic heterocycles. The third kappa shape index (κ3) is 2.69. The first-order valence-electron chi connectivity index (χ1n) is 5.66. The van der Waals surface area contributed by atoms with E-state index < -0.39 is 0 Å². The topological polar surface area (TPSA) is 32.5 Å². The zero-order valence-corrected chi connectivity index (χ0v) is 10.0. The Morgan fingerprint density at radius 1 is 1.43 bits per heavy atom. The number of likely N-dealkylation sites (N-methyl/N-ethyl adjacent to an activating group) is 1.